The first-order valence-electron chi connectivity index (χ1n) is 6.99. The maximum atomic E-state index is 5.40. The lowest BCUT2D eigenvalue weighted by Gasteiger charge is -2.20. The van der Waals surface area contributed by atoms with Crippen LogP contribution in [-0.2, 0) is 0 Å². The number of likely N-dealkylation sites (N-methyl/N-ethyl adjacent to an activating group) is 1. The molecule has 0 aliphatic carbocycles. The minimum Gasteiger partial charge on any atom is -0.339 e. The predicted octanol–water partition coefficient (Wildman–Crippen LogP) is 2.41. The average molecular weight is 254 g/mol. The molecule has 0 radical (unpaired) electrons. The summed E-state index contributed by atoms with van der Waals surface area (Å²) in [6.45, 7) is 13.4. The molecule has 0 aromatic carbocycles. The molecule has 0 saturated carbocycles. The molecule has 1 aromatic rings. The lowest BCUT2D eigenvalue weighted by atomic mass is 9.99. The molecule has 5 nitrogen and oxygen atoms in total. The summed E-state index contributed by atoms with van der Waals surface area (Å²) < 4.78 is 5.40. The third kappa shape index (κ3) is 3.45. The first-order chi connectivity index (χ1) is 8.67. The molecule has 2 unspecified atom stereocenters. The van der Waals surface area contributed by atoms with E-state index in [0.29, 0.717) is 12.0 Å². The highest BCUT2D eigenvalue weighted by atomic mass is 16.5. The Labute approximate surface area is 110 Å². The molecule has 0 fully saturated rings. The third-order valence-corrected chi connectivity index (χ3v) is 3.38. The second kappa shape index (κ2) is 7.36. The Morgan fingerprint density at radius 2 is 1.89 bits per heavy atom. The van der Waals surface area contributed by atoms with Crippen molar-refractivity contribution >= 4 is 5.95 Å². The molecule has 5 heteroatoms. The normalized spacial score (nSPS) is 14.5. The number of anilines is 1. The van der Waals surface area contributed by atoms with Gasteiger partial charge in [0.2, 0.25) is 5.89 Å². The molecule has 18 heavy (non-hydrogen) atoms. The number of hydrogen-bond donors (Lipinski definition) is 1. The van der Waals surface area contributed by atoms with Crippen molar-refractivity contribution in [2.45, 2.75) is 53.0 Å². The van der Waals surface area contributed by atoms with Gasteiger partial charge in [-0.2, -0.15) is 4.98 Å². The van der Waals surface area contributed by atoms with Crippen LogP contribution >= 0.6 is 0 Å². The number of nitrogens with zero attached hydrogens (tertiary/aromatic N) is 3. The summed E-state index contributed by atoms with van der Waals surface area (Å²) in [7, 11) is 0. The summed E-state index contributed by atoms with van der Waals surface area (Å²) in [5.74, 6) is 1.67. The maximum absolute atomic E-state index is 5.40. The average Bonchev–Trinajstić information content (AvgIpc) is 2.86. The molecule has 0 aliphatic heterocycles. The summed E-state index contributed by atoms with van der Waals surface area (Å²) in [4.78, 5) is 6.60. The number of hydrogen-bond acceptors (Lipinski definition) is 5. The van der Waals surface area contributed by atoms with Crippen molar-refractivity contribution in [2.24, 2.45) is 0 Å². The van der Waals surface area contributed by atoms with Crippen LogP contribution in [0.15, 0.2) is 4.52 Å². The Kier molecular flexibility index (Phi) is 6.12. The van der Waals surface area contributed by atoms with E-state index in [1.807, 2.05) is 0 Å². The second-order valence-electron chi connectivity index (χ2n) is 4.47. The molecule has 0 saturated heterocycles. The van der Waals surface area contributed by atoms with Gasteiger partial charge in [0.25, 0.3) is 5.95 Å². The Balaban J connectivity index is 2.77. The van der Waals surface area contributed by atoms with Gasteiger partial charge in [0.15, 0.2) is 0 Å². The number of rotatable bonds is 8. The molecule has 0 aliphatic rings. The van der Waals surface area contributed by atoms with E-state index in [1.165, 1.54) is 0 Å². The van der Waals surface area contributed by atoms with E-state index in [9.17, 15) is 0 Å². The predicted molar refractivity (Wildman–Crippen MR) is 74.0 cm³/mol. The van der Waals surface area contributed by atoms with Crippen molar-refractivity contribution in [1.82, 2.24) is 15.5 Å². The van der Waals surface area contributed by atoms with E-state index >= 15 is 0 Å². The van der Waals surface area contributed by atoms with Gasteiger partial charge in [-0.05, 0) is 32.0 Å². The fourth-order valence-corrected chi connectivity index (χ4v) is 2.16. The van der Waals surface area contributed by atoms with Gasteiger partial charge in [0.1, 0.15) is 0 Å². The van der Waals surface area contributed by atoms with Crippen LogP contribution in [0.1, 0.15) is 52.8 Å². The topological polar surface area (TPSA) is 54.2 Å². The van der Waals surface area contributed by atoms with Crippen LogP contribution in [0.3, 0.4) is 0 Å². The molecule has 104 valence electrons. The molecule has 1 rings (SSSR count). The Morgan fingerprint density at radius 3 is 2.39 bits per heavy atom. The smallest absolute Gasteiger partial charge is 0.266 e. The highest BCUT2D eigenvalue weighted by Crippen LogP contribution is 2.21. The molecule has 0 spiro atoms. The maximum Gasteiger partial charge on any atom is 0.266 e. The number of aromatic nitrogens is 2. The van der Waals surface area contributed by atoms with E-state index in [4.69, 9.17) is 4.52 Å². The van der Waals surface area contributed by atoms with Crippen LogP contribution in [0.2, 0.25) is 0 Å². The molecule has 1 heterocycles. The Hall–Kier alpha value is -1.10. The van der Waals surface area contributed by atoms with E-state index in [1.54, 1.807) is 0 Å². The molecular formula is C13H26N4O. The molecule has 0 amide bonds. The summed E-state index contributed by atoms with van der Waals surface area (Å²) in [6.07, 6.45) is 1.05. The van der Waals surface area contributed by atoms with Gasteiger partial charge in [-0.25, -0.2) is 0 Å². The standard InChI is InChI=1S/C13H26N4O/c1-6-11(14-7-2)10(5)12-15-13(16-18-12)17(8-3)9-4/h10-11,14H,6-9H2,1-5H3. The van der Waals surface area contributed by atoms with Crippen molar-refractivity contribution in [3.8, 4) is 0 Å². The van der Waals surface area contributed by atoms with Crippen LogP contribution in [0, 0.1) is 0 Å². The fourth-order valence-electron chi connectivity index (χ4n) is 2.16. The van der Waals surface area contributed by atoms with Crippen molar-refractivity contribution in [3.05, 3.63) is 5.89 Å². The van der Waals surface area contributed by atoms with E-state index < -0.39 is 0 Å². The third-order valence-electron chi connectivity index (χ3n) is 3.38. The zero-order valence-electron chi connectivity index (χ0n) is 12.2. The Bertz CT molecular complexity index is 335. The lowest BCUT2D eigenvalue weighted by Crippen LogP contribution is -2.33. The summed E-state index contributed by atoms with van der Waals surface area (Å²) >= 11 is 0. The van der Waals surface area contributed by atoms with Crippen LogP contribution in [0.4, 0.5) is 5.95 Å². The quantitative estimate of drug-likeness (QED) is 0.772. The zero-order chi connectivity index (χ0) is 13.5. The molecule has 1 aromatic heterocycles. The Morgan fingerprint density at radius 1 is 1.22 bits per heavy atom. The van der Waals surface area contributed by atoms with Crippen molar-refractivity contribution < 1.29 is 4.52 Å². The highest BCUT2D eigenvalue weighted by molar-refractivity contribution is 5.27. The van der Waals surface area contributed by atoms with Crippen molar-refractivity contribution in [3.63, 3.8) is 0 Å². The first-order valence-corrected chi connectivity index (χ1v) is 6.99. The monoisotopic (exact) mass is 254 g/mol. The van der Waals surface area contributed by atoms with Crippen LogP contribution in [-0.4, -0.2) is 35.8 Å². The van der Waals surface area contributed by atoms with E-state index in [2.05, 4.69) is 55.0 Å². The van der Waals surface area contributed by atoms with Crippen LogP contribution in [0.25, 0.3) is 0 Å². The SMILES string of the molecule is CCNC(CC)C(C)c1nc(N(CC)CC)no1. The lowest BCUT2D eigenvalue weighted by molar-refractivity contribution is 0.321. The fraction of sp³-hybridized carbons (Fsp3) is 0.846. The van der Waals surface area contributed by atoms with Gasteiger partial charge < -0.3 is 14.7 Å². The van der Waals surface area contributed by atoms with Gasteiger partial charge in [-0.3, -0.25) is 0 Å². The minimum atomic E-state index is 0.242. The minimum absolute atomic E-state index is 0.242. The van der Waals surface area contributed by atoms with Crippen molar-refractivity contribution in [2.75, 3.05) is 24.5 Å². The first kappa shape index (κ1) is 15.0. The second-order valence-corrected chi connectivity index (χ2v) is 4.47. The van der Waals surface area contributed by atoms with Gasteiger partial charge in [0, 0.05) is 19.1 Å². The number of nitrogens with one attached hydrogen (secondary N) is 1. The highest BCUT2D eigenvalue weighted by Gasteiger charge is 2.23. The van der Waals surface area contributed by atoms with Gasteiger partial charge >= 0.3 is 0 Å². The van der Waals surface area contributed by atoms with Crippen molar-refractivity contribution in [1.29, 1.82) is 0 Å². The summed E-state index contributed by atoms with van der Waals surface area (Å²) in [6, 6.07) is 0.389. The zero-order valence-corrected chi connectivity index (χ0v) is 12.2. The molecule has 1 N–H and O–H groups in total. The molecule has 0 bridgehead atoms. The summed E-state index contributed by atoms with van der Waals surface area (Å²) in [5.41, 5.74) is 0. The molecular weight excluding hydrogens is 228 g/mol. The largest absolute Gasteiger partial charge is 0.339 e. The van der Waals surface area contributed by atoms with E-state index in [-0.39, 0.29) is 5.92 Å². The van der Waals surface area contributed by atoms with E-state index in [0.717, 1.165) is 31.9 Å². The van der Waals surface area contributed by atoms with Crippen LogP contribution in [0.5, 0.6) is 0 Å². The van der Waals surface area contributed by atoms with Gasteiger partial charge in [0.05, 0.1) is 5.92 Å². The molecule has 2 atom stereocenters. The van der Waals surface area contributed by atoms with Crippen LogP contribution < -0.4 is 10.2 Å². The van der Waals surface area contributed by atoms with Gasteiger partial charge in [-0.1, -0.05) is 20.8 Å². The summed E-state index contributed by atoms with van der Waals surface area (Å²) in [5, 5.41) is 7.52. The van der Waals surface area contributed by atoms with Gasteiger partial charge in [-0.15, -0.1) is 0 Å².